The normalized spacial score (nSPS) is 24.1. The van der Waals surface area contributed by atoms with E-state index < -0.39 is 10.0 Å². The molecule has 18 heavy (non-hydrogen) atoms. The highest BCUT2D eigenvalue weighted by atomic mass is 32.2. The zero-order chi connectivity index (χ0) is 13.2. The maximum Gasteiger partial charge on any atom is 0.243 e. The first-order valence-corrected chi connectivity index (χ1v) is 7.46. The van der Waals surface area contributed by atoms with Crippen molar-refractivity contribution in [3.63, 3.8) is 0 Å². The van der Waals surface area contributed by atoms with Gasteiger partial charge in [-0.25, -0.2) is 13.1 Å². The van der Waals surface area contributed by atoms with Crippen molar-refractivity contribution in [3.8, 4) is 5.75 Å². The average molecular weight is 270 g/mol. The van der Waals surface area contributed by atoms with Crippen LogP contribution in [0.25, 0.3) is 0 Å². The molecule has 0 heterocycles. The summed E-state index contributed by atoms with van der Waals surface area (Å²) in [6.07, 6.45) is 2.57. The number of sulfonamides is 1. The Bertz CT molecular complexity index is 516. The Kier molecular flexibility index (Phi) is 3.89. The molecule has 2 atom stereocenters. The molecule has 5 nitrogen and oxygen atoms in total. The third-order valence-corrected chi connectivity index (χ3v) is 4.58. The van der Waals surface area contributed by atoms with E-state index in [4.69, 9.17) is 10.5 Å². The van der Waals surface area contributed by atoms with E-state index in [0.29, 0.717) is 5.75 Å². The zero-order valence-corrected chi connectivity index (χ0v) is 11.1. The second-order valence-corrected chi connectivity index (χ2v) is 6.32. The third-order valence-electron chi connectivity index (χ3n) is 3.13. The number of hydrogen-bond donors (Lipinski definition) is 2. The number of benzene rings is 1. The highest BCUT2D eigenvalue weighted by molar-refractivity contribution is 7.89. The Balaban J connectivity index is 2.23. The van der Waals surface area contributed by atoms with Gasteiger partial charge in [-0.05, 0) is 38.4 Å². The Morgan fingerprint density at radius 2 is 2.06 bits per heavy atom. The highest BCUT2D eigenvalue weighted by Crippen LogP contribution is 2.28. The molecule has 0 saturated heterocycles. The fraction of sp³-hybridized carbons (Fsp3) is 0.500. The maximum atomic E-state index is 11.8. The molecule has 1 fully saturated rings. The van der Waals surface area contributed by atoms with Crippen molar-refractivity contribution in [2.45, 2.75) is 36.3 Å². The maximum absolute atomic E-state index is 11.8. The number of rotatable bonds is 4. The van der Waals surface area contributed by atoms with Crippen LogP contribution in [0.15, 0.2) is 29.2 Å². The van der Waals surface area contributed by atoms with E-state index in [2.05, 4.69) is 4.72 Å². The van der Waals surface area contributed by atoms with Gasteiger partial charge >= 0.3 is 0 Å². The molecular weight excluding hydrogens is 252 g/mol. The van der Waals surface area contributed by atoms with Gasteiger partial charge in [0.15, 0.2) is 0 Å². The predicted molar refractivity (Wildman–Crippen MR) is 68.9 cm³/mol. The molecule has 0 bridgehead atoms. The summed E-state index contributed by atoms with van der Waals surface area (Å²) in [6.45, 7) is 0. The minimum Gasteiger partial charge on any atom is -0.489 e. The minimum absolute atomic E-state index is 0.00760. The summed E-state index contributed by atoms with van der Waals surface area (Å²) in [4.78, 5) is 0.174. The summed E-state index contributed by atoms with van der Waals surface area (Å²) in [7, 11) is -2.10. The van der Waals surface area contributed by atoms with Crippen molar-refractivity contribution < 1.29 is 13.2 Å². The van der Waals surface area contributed by atoms with Gasteiger partial charge in [-0.1, -0.05) is 12.1 Å². The van der Waals surface area contributed by atoms with Crippen LogP contribution in [0.4, 0.5) is 0 Å². The average Bonchev–Trinajstić information content (AvgIpc) is 2.75. The number of para-hydroxylation sites is 1. The molecule has 1 aliphatic carbocycles. The standard InChI is InChI=1S/C12H18N2O3S/c1-14-18(15,16)12-5-3-2-4-11(12)17-10-7-6-9(13)8-10/h2-5,9-10,14H,6-8,13H2,1H3. The summed E-state index contributed by atoms with van der Waals surface area (Å²) in [5.41, 5.74) is 5.82. The lowest BCUT2D eigenvalue weighted by Gasteiger charge is -2.16. The van der Waals surface area contributed by atoms with Gasteiger partial charge in [-0.15, -0.1) is 0 Å². The van der Waals surface area contributed by atoms with Crippen LogP contribution in [0.3, 0.4) is 0 Å². The van der Waals surface area contributed by atoms with E-state index in [9.17, 15) is 8.42 Å². The molecule has 1 saturated carbocycles. The third kappa shape index (κ3) is 2.82. The second kappa shape index (κ2) is 5.26. The van der Waals surface area contributed by atoms with Crippen LogP contribution < -0.4 is 15.2 Å². The van der Waals surface area contributed by atoms with Crippen LogP contribution in [0.5, 0.6) is 5.75 Å². The molecule has 1 aromatic carbocycles. The van der Waals surface area contributed by atoms with Gasteiger partial charge in [-0.2, -0.15) is 0 Å². The molecule has 100 valence electrons. The van der Waals surface area contributed by atoms with E-state index in [0.717, 1.165) is 19.3 Å². The summed E-state index contributed by atoms with van der Waals surface area (Å²) in [5.74, 6) is 0.394. The molecule has 6 heteroatoms. The molecular formula is C12H18N2O3S. The lowest BCUT2D eigenvalue weighted by Crippen LogP contribution is -2.22. The predicted octanol–water partition coefficient (Wildman–Crippen LogP) is 0.853. The molecule has 0 spiro atoms. The molecule has 1 aliphatic rings. The quantitative estimate of drug-likeness (QED) is 0.850. The van der Waals surface area contributed by atoms with Crippen LogP contribution in [-0.2, 0) is 10.0 Å². The van der Waals surface area contributed by atoms with Gasteiger partial charge in [0.25, 0.3) is 0 Å². The Morgan fingerprint density at radius 1 is 1.33 bits per heavy atom. The van der Waals surface area contributed by atoms with Gasteiger partial charge in [0, 0.05) is 6.04 Å². The topological polar surface area (TPSA) is 81.4 Å². The molecule has 3 N–H and O–H groups in total. The lowest BCUT2D eigenvalue weighted by atomic mass is 10.3. The van der Waals surface area contributed by atoms with E-state index in [1.165, 1.54) is 13.1 Å². The van der Waals surface area contributed by atoms with Gasteiger partial charge in [-0.3, -0.25) is 0 Å². The van der Waals surface area contributed by atoms with Gasteiger partial charge < -0.3 is 10.5 Å². The Hall–Kier alpha value is -1.11. The fourth-order valence-corrected chi connectivity index (χ4v) is 3.00. The summed E-state index contributed by atoms with van der Waals surface area (Å²) < 4.78 is 31.8. The van der Waals surface area contributed by atoms with Crippen molar-refractivity contribution in [2.24, 2.45) is 5.73 Å². The molecule has 2 rings (SSSR count). The highest BCUT2D eigenvalue weighted by Gasteiger charge is 2.25. The first-order chi connectivity index (χ1) is 8.53. The second-order valence-electron chi connectivity index (χ2n) is 4.47. The van der Waals surface area contributed by atoms with Crippen molar-refractivity contribution in [3.05, 3.63) is 24.3 Å². The van der Waals surface area contributed by atoms with Crippen molar-refractivity contribution in [1.82, 2.24) is 4.72 Å². The zero-order valence-electron chi connectivity index (χ0n) is 10.3. The molecule has 0 radical (unpaired) electrons. The van der Waals surface area contributed by atoms with E-state index >= 15 is 0 Å². The minimum atomic E-state index is -3.49. The van der Waals surface area contributed by atoms with Crippen molar-refractivity contribution in [2.75, 3.05) is 7.05 Å². The van der Waals surface area contributed by atoms with Crippen LogP contribution in [0, 0.1) is 0 Å². The Morgan fingerprint density at radius 3 is 2.67 bits per heavy atom. The monoisotopic (exact) mass is 270 g/mol. The number of hydrogen-bond acceptors (Lipinski definition) is 4. The number of ether oxygens (including phenoxy) is 1. The summed E-state index contributed by atoms with van der Waals surface area (Å²) in [6, 6.07) is 6.81. The lowest BCUT2D eigenvalue weighted by molar-refractivity contribution is 0.202. The molecule has 0 aromatic heterocycles. The van der Waals surface area contributed by atoms with Crippen LogP contribution in [0.2, 0.25) is 0 Å². The first-order valence-electron chi connectivity index (χ1n) is 5.98. The van der Waals surface area contributed by atoms with Gasteiger partial charge in [0.05, 0.1) is 0 Å². The van der Waals surface area contributed by atoms with Crippen molar-refractivity contribution >= 4 is 10.0 Å². The first kappa shape index (κ1) is 13.3. The SMILES string of the molecule is CNS(=O)(=O)c1ccccc1OC1CCC(N)C1. The Labute approximate surface area is 107 Å². The molecule has 0 amide bonds. The van der Waals surface area contributed by atoms with Crippen LogP contribution in [-0.4, -0.2) is 27.6 Å². The number of nitrogens with one attached hydrogen (secondary N) is 1. The van der Waals surface area contributed by atoms with Crippen molar-refractivity contribution in [1.29, 1.82) is 0 Å². The number of nitrogens with two attached hydrogens (primary N) is 1. The molecule has 0 aliphatic heterocycles. The van der Waals surface area contributed by atoms with Gasteiger partial charge in [0.2, 0.25) is 10.0 Å². The fourth-order valence-electron chi connectivity index (χ4n) is 2.14. The van der Waals surface area contributed by atoms with Gasteiger partial charge in [0.1, 0.15) is 16.7 Å². The van der Waals surface area contributed by atoms with E-state index in [1.54, 1.807) is 18.2 Å². The van der Waals surface area contributed by atoms with E-state index in [1.807, 2.05) is 0 Å². The largest absolute Gasteiger partial charge is 0.489 e. The molecule has 1 aromatic rings. The van der Waals surface area contributed by atoms with Crippen LogP contribution >= 0.6 is 0 Å². The smallest absolute Gasteiger partial charge is 0.243 e. The molecule has 2 unspecified atom stereocenters. The van der Waals surface area contributed by atoms with Crippen LogP contribution in [0.1, 0.15) is 19.3 Å². The summed E-state index contributed by atoms with van der Waals surface area (Å²) in [5, 5.41) is 0. The summed E-state index contributed by atoms with van der Waals surface area (Å²) >= 11 is 0. The van der Waals surface area contributed by atoms with E-state index in [-0.39, 0.29) is 17.0 Å².